The van der Waals surface area contributed by atoms with Crippen molar-refractivity contribution in [3.63, 3.8) is 0 Å². The molecule has 3 aromatic carbocycles. The van der Waals surface area contributed by atoms with E-state index in [1.54, 1.807) is 6.07 Å². The molecule has 6 nitrogen and oxygen atoms in total. The molecular formula is C20H17F6N4O2P. The summed E-state index contributed by atoms with van der Waals surface area (Å²) < 4.78 is 100. The van der Waals surface area contributed by atoms with E-state index in [0.717, 1.165) is 24.3 Å². The van der Waals surface area contributed by atoms with Gasteiger partial charge in [-0.3, -0.25) is 10.2 Å². The number of hydrogen-bond acceptors (Lipinski definition) is 4. The SMILES string of the molecule is Nc1ccc(NP(=O)(Nc2ccc(N)cc2C(F)(F)F)Oc2ccccc2)c(C(F)(F)F)c1. The van der Waals surface area contributed by atoms with E-state index in [1.807, 2.05) is 0 Å². The zero-order valence-corrected chi connectivity index (χ0v) is 17.4. The molecule has 6 N–H and O–H groups in total. The number of nitrogens with two attached hydrogens (primary N) is 2. The van der Waals surface area contributed by atoms with E-state index >= 15 is 0 Å². The minimum Gasteiger partial charge on any atom is -0.414 e. The number of nitrogens with one attached hydrogen (secondary N) is 2. The Morgan fingerprint density at radius 1 is 0.697 bits per heavy atom. The Morgan fingerprint density at radius 2 is 1.12 bits per heavy atom. The first-order valence-electron chi connectivity index (χ1n) is 9.11. The molecule has 3 aromatic rings. The quantitative estimate of drug-likeness (QED) is 0.176. The third kappa shape index (κ3) is 6.04. The topological polar surface area (TPSA) is 102 Å². The molecule has 0 bridgehead atoms. The first kappa shape index (κ1) is 24.1. The molecule has 0 aliphatic heterocycles. The molecule has 3 rings (SSSR count). The fourth-order valence-corrected chi connectivity index (χ4v) is 4.40. The van der Waals surface area contributed by atoms with Gasteiger partial charge < -0.3 is 16.0 Å². The Bertz CT molecular complexity index is 1120. The fraction of sp³-hybridized carbons (Fsp3) is 0.100. The molecular weight excluding hydrogens is 473 g/mol. The van der Waals surface area contributed by atoms with Crippen molar-refractivity contribution >= 4 is 30.4 Å². The maximum absolute atomic E-state index is 13.6. The number of alkyl halides is 6. The minimum atomic E-state index is -4.91. The van der Waals surface area contributed by atoms with Crippen LogP contribution in [0.25, 0.3) is 0 Å². The first-order chi connectivity index (χ1) is 15.3. The molecule has 0 aliphatic carbocycles. The van der Waals surface area contributed by atoms with Gasteiger partial charge in [-0.1, -0.05) is 18.2 Å². The second-order valence-electron chi connectivity index (χ2n) is 6.78. The van der Waals surface area contributed by atoms with Gasteiger partial charge in [0.25, 0.3) is 0 Å². The molecule has 0 radical (unpaired) electrons. The summed E-state index contributed by atoms with van der Waals surface area (Å²) in [6, 6.07) is 12.4. The number of anilines is 4. The lowest BCUT2D eigenvalue weighted by molar-refractivity contribution is -0.137. The fourth-order valence-electron chi connectivity index (χ4n) is 2.81. The summed E-state index contributed by atoms with van der Waals surface area (Å²) in [7, 11) is -4.69. The summed E-state index contributed by atoms with van der Waals surface area (Å²) in [5.41, 5.74) is 6.43. The van der Waals surface area contributed by atoms with Gasteiger partial charge in [-0.2, -0.15) is 26.3 Å². The number of hydrogen-bond donors (Lipinski definition) is 4. The Balaban J connectivity index is 2.10. The van der Waals surface area contributed by atoms with E-state index in [9.17, 15) is 30.9 Å². The molecule has 0 atom stereocenters. The highest BCUT2D eigenvalue weighted by atomic mass is 31.2. The Kier molecular flexibility index (Phi) is 6.42. The molecule has 33 heavy (non-hydrogen) atoms. The standard InChI is InChI=1S/C20H17F6N4O2P/c21-19(22,23)15-10-12(27)6-8-17(15)29-33(31,32-14-4-2-1-3-5-14)30-18-9-7-13(28)11-16(18)20(24,25)26/h1-11H,27-28H2,(H2,29,30,31). The Hall–Kier alpha value is -3.53. The summed E-state index contributed by atoms with van der Waals surface area (Å²) in [5.74, 6) is -0.0751. The van der Waals surface area contributed by atoms with Crippen LogP contribution >= 0.6 is 7.67 Å². The minimum absolute atomic E-state index is 0.0751. The zero-order valence-electron chi connectivity index (χ0n) is 16.5. The number of rotatable bonds is 6. The zero-order chi connectivity index (χ0) is 24.4. The molecule has 0 aromatic heterocycles. The van der Waals surface area contributed by atoms with Crippen molar-refractivity contribution in [2.24, 2.45) is 0 Å². The summed E-state index contributed by atoms with van der Waals surface area (Å²) in [5, 5.41) is 4.19. The van der Waals surface area contributed by atoms with E-state index in [0.29, 0.717) is 12.1 Å². The highest BCUT2D eigenvalue weighted by Crippen LogP contribution is 2.51. The van der Waals surface area contributed by atoms with Crippen LogP contribution in [0.2, 0.25) is 0 Å². The number of nitrogen functional groups attached to an aromatic ring is 2. The van der Waals surface area contributed by atoms with E-state index in [4.69, 9.17) is 16.0 Å². The second kappa shape index (κ2) is 8.78. The molecule has 176 valence electrons. The smallest absolute Gasteiger partial charge is 0.414 e. The van der Waals surface area contributed by atoms with Crippen LogP contribution in [0.1, 0.15) is 11.1 Å². The van der Waals surface area contributed by atoms with Crippen LogP contribution in [0.5, 0.6) is 5.75 Å². The number of para-hydroxylation sites is 1. The average Bonchev–Trinajstić information content (AvgIpc) is 2.70. The summed E-state index contributed by atoms with van der Waals surface area (Å²) in [6.45, 7) is 0. The van der Waals surface area contributed by atoms with E-state index in [2.05, 4.69) is 10.2 Å². The Labute approximate surface area is 184 Å². The predicted molar refractivity (Wildman–Crippen MR) is 114 cm³/mol. The molecule has 0 saturated heterocycles. The molecule has 13 heteroatoms. The van der Waals surface area contributed by atoms with Crippen LogP contribution in [-0.2, 0) is 16.9 Å². The van der Waals surface area contributed by atoms with Gasteiger partial charge >= 0.3 is 20.0 Å². The molecule has 0 amide bonds. The maximum Gasteiger partial charge on any atom is 0.444 e. The second-order valence-corrected chi connectivity index (χ2v) is 8.52. The monoisotopic (exact) mass is 490 g/mol. The lowest BCUT2D eigenvalue weighted by Crippen LogP contribution is -2.18. The van der Waals surface area contributed by atoms with Crippen LogP contribution in [0, 0.1) is 0 Å². The molecule has 0 heterocycles. The van der Waals surface area contributed by atoms with Crippen molar-refractivity contribution in [1.29, 1.82) is 0 Å². The molecule has 0 aliphatic rings. The van der Waals surface area contributed by atoms with Gasteiger partial charge in [-0.15, -0.1) is 0 Å². The van der Waals surface area contributed by atoms with Gasteiger partial charge in [-0.25, -0.2) is 4.57 Å². The van der Waals surface area contributed by atoms with Crippen LogP contribution in [0.4, 0.5) is 49.1 Å². The van der Waals surface area contributed by atoms with Crippen molar-refractivity contribution < 1.29 is 35.4 Å². The van der Waals surface area contributed by atoms with Crippen LogP contribution in [0.15, 0.2) is 66.7 Å². The maximum atomic E-state index is 13.6. The third-order valence-electron chi connectivity index (χ3n) is 4.21. The largest absolute Gasteiger partial charge is 0.444 e. The summed E-state index contributed by atoms with van der Waals surface area (Å²) in [4.78, 5) is 0. The Morgan fingerprint density at radius 3 is 1.52 bits per heavy atom. The molecule has 0 spiro atoms. The third-order valence-corrected chi connectivity index (χ3v) is 5.75. The average molecular weight is 490 g/mol. The van der Waals surface area contributed by atoms with Crippen LogP contribution < -0.4 is 26.2 Å². The van der Waals surface area contributed by atoms with Gasteiger partial charge in [-0.05, 0) is 48.5 Å². The van der Waals surface area contributed by atoms with Crippen molar-refractivity contribution in [2.75, 3.05) is 21.6 Å². The van der Waals surface area contributed by atoms with Crippen molar-refractivity contribution in [1.82, 2.24) is 0 Å². The van der Waals surface area contributed by atoms with E-state index in [-0.39, 0.29) is 17.1 Å². The van der Waals surface area contributed by atoms with Gasteiger partial charge in [0.05, 0.1) is 22.5 Å². The lowest BCUT2D eigenvalue weighted by Gasteiger charge is -2.26. The first-order valence-corrected chi connectivity index (χ1v) is 10.7. The van der Waals surface area contributed by atoms with Gasteiger partial charge in [0.15, 0.2) is 0 Å². The normalized spacial score (nSPS) is 12.3. The summed E-state index contributed by atoms with van der Waals surface area (Å²) >= 11 is 0. The van der Waals surface area contributed by atoms with E-state index in [1.165, 1.54) is 24.3 Å². The van der Waals surface area contributed by atoms with Crippen LogP contribution in [-0.4, -0.2) is 0 Å². The van der Waals surface area contributed by atoms with E-state index < -0.39 is 42.5 Å². The van der Waals surface area contributed by atoms with Crippen molar-refractivity contribution in [3.8, 4) is 5.75 Å². The number of benzene rings is 3. The molecule has 0 unspecified atom stereocenters. The lowest BCUT2D eigenvalue weighted by atomic mass is 10.1. The van der Waals surface area contributed by atoms with Crippen LogP contribution in [0.3, 0.4) is 0 Å². The van der Waals surface area contributed by atoms with Crippen molar-refractivity contribution in [3.05, 3.63) is 77.9 Å². The van der Waals surface area contributed by atoms with Crippen molar-refractivity contribution in [2.45, 2.75) is 12.4 Å². The molecule has 0 fully saturated rings. The van der Waals surface area contributed by atoms with Gasteiger partial charge in [0.1, 0.15) is 5.75 Å². The number of halogens is 6. The molecule has 0 saturated carbocycles. The highest BCUT2D eigenvalue weighted by Gasteiger charge is 2.39. The highest BCUT2D eigenvalue weighted by molar-refractivity contribution is 7.62. The summed E-state index contributed by atoms with van der Waals surface area (Å²) in [6.07, 6.45) is -9.82. The predicted octanol–water partition coefficient (Wildman–Crippen LogP) is 6.60. The van der Waals surface area contributed by atoms with Gasteiger partial charge in [0, 0.05) is 11.4 Å². The van der Waals surface area contributed by atoms with Gasteiger partial charge in [0.2, 0.25) is 0 Å².